The molecule has 1 fully saturated rings. The van der Waals surface area contributed by atoms with Crippen LogP contribution in [0.3, 0.4) is 0 Å². The van der Waals surface area contributed by atoms with E-state index in [4.69, 9.17) is 4.74 Å². The van der Waals surface area contributed by atoms with Crippen LogP contribution in [0.5, 0.6) is 0 Å². The Morgan fingerprint density at radius 3 is 2.76 bits per heavy atom. The van der Waals surface area contributed by atoms with Crippen molar-refractivity contribution in [2.45, 2.75) is 18.6 Å². The predicted molar refractivity (Wildman–Crippen MR) is 83.7 cm³/mol. The SMILES string of the molecule is Fc1ccc2c(c1)[C@@H]1OCC[C@@H]1[C@H](c1ccc(Br)cc1)N2. The van der Waals surface area contributed by atoms with Crippen molar-refractivity contribution < 1.29 is 9.13 Å². The summed E-state index contributed by atoms with van der Waals surface area (Å²) in [5.41, 5.74) is 3.17. The smallest absolute Gasteiger partial charge is 0.123 e. The lowest BCUT2D eigenvalue weighted by Crippen LogP contribution is -2.29. The van der Waals surface area contributed by atoms with E-state index in [0.29, 0.717) is 5.92 Å². The van der Waals surface area contributed by atoms with Gasteiger partial charge in [0, 0.05) is 28.2 Å². The average molecular weight is 348 g/mol. The number of hydrogen-bond acceptors (Lipinski definition) is 2. The van der Waals surface area contributed by atoms with E-state index in [1.54, 1.807) is 6.07 Å². The first-order valence-electron chi connectivity index (χ1n) is 7.15. The van der Waals surface area contributed by atoms with E-state index in [1.807, 2.05) is 6.07 Å². The summed E-state index contributed by atoms with van der Waals surface area (Å²) >= 11 is 3.47. The molecule has 0 amide bonds. The van der Waals surface area contributed by atoms with Crippen molar-refractivity contribution in [3.8, 4) is 0 Å². The highest BCUT2D eigenvalue weighted by Gasteiger charge is 2.41. The van der Waals surface area contributed by atoms with Crippen molar-refractivity contribution in [1.29, 1.82) is 0 Å². The minimum Gasteiger partial charge on any atom is -0.378 e. The highest BCUT2D eigenvalue weighted by atomic mass is 79.9. The summed E-state index contributed by atoms with van der Waals surface area (Å²) in [7, 11) is 0. The summed E-state index contributed by atoms with van der Waals surface area (Å²) in [5, 5.41) is 3.57. The van der Waals surface area contributed by atoms with E-state index in [1.165, 1.54) is 11.6 Å². The van der Waals surface area contributed by atoms with Crippen LogP contribution >= 0.6 is 15.9 Å². The molecule has 2 aromatic rings. The third kappa shape index (κ3) is 2.27. The second-order valence-corrected chi connectivity index (χ2v) is 6.56. The zero-order chi connectivity index (χ0) is 14.4. The Morgan fingerprint density at radius 2 is 1.95 bits per heavy atom. The monoisotopic (exact) mass is 347 g/mol. The zero-order valence-electron chi connectivity index (χ0n) is 11.4. The van der Waals surface area contributed by atoms with Crippen LogP contribution in [0, 0.1) is 11.7 Å². The fourth-order valence-electron chi connectivity index (χ4n) is 3.44. The Balaban J connectivity index is 1.77. The lowest BCUT2D eigenvalue weighted by Gasteiger charge is -2.36. The van der Waals surface area contributed by atoms with Gasteiger partial charge in [0.15, 0.2) is 0 Å². The van der Waals surface area contributed by atoms with Gasteiger partial charge in [0.25, 0.3) is 0 Å². The molecule has 4 rings (SSSR count). The van der Waals surface area contributed by atoms with E-state index < -0.39 is 0 Å². The summed E-state index contributed by atoms with van der Waals surface area (Å²) < 4.78 is 20.5. The molecule has 2 aromatic carbocycles. The second kappa shape index (κ2) is 5.11. The van der Waals surface area contributed by atoms with E-state index in [2.05, 4.69) is 45.5 Å². The predicted octanol–water partition coefficient (Wildman–Crippen LogP) is 4.83. The minimum absolute atomic E-state index is 0.00871. The molecule has 108 valence electrons. The number of fused-ring (bicyclic) bond motifs is 3. The fourth-order valence-corrected chi connectivity index (χ4v) is 3.71. The van der Waals surface area contributed by atoms with E-state index in [-0.39, 0.29) is 18.0 Å². The van der Waals surface area contributed by atoms with Crippen LogP contribution in [0.1, 0.15) is 29.7 Å². The van der Waals surface area contributed by atoms with Gasteiger partial charge < -0.3 is 10.1 Å². The maximum Gasteiger partial charge on any atom is 0.123 e. The van der Waals surface area contributed by atoms with Gasteiger partial charge in [-0.25, -0.2) is 4.39 Å². The summed E-state index contributed by atoms with van der Waals surface area (Å²) in [5.74, 6) is 0.146. The van der Waals surface area contributed by atoms with Gasteiger partial charge in [0.05, 0.1) is 12.1 Å². The zero-order valence-corrected chi connectivity index (χ0v) is 12.9. The summed E-state index contributed by atoms with van der Waals surface area (Å²) in [6.07, 6.45) is 0.986. The molecule has 0 unspecified atom stereocenters. The number of anilines is 1. The maximum atomic E-state index is 13.5. The largest absolute Gasteiger partial charge is 0.378 e. The first-order valence-corrected chi connectivity index (χ1v) is 7.95. The highest BCUT2D eigenvalue weighted by molar-refractivity contribution is 9.10. The highest BCUT2D eigenvalue weighted by Crippen LogP contribution is 2.49. The quantitative estimate of drug-likeness (QED) is 0.797. The van der Waals surface area contributed by atoms with Crippen LogP contribution < -0.4 is 5.32 Å². The van der Waals surface area contributed by atoms with Crippen molar-refractivity contribution in [2.24, 2.45) is 5.92 Å². The van der Waals surface area contributed by atoms with Crippen molar-refractivity contribution in [3.63, 3.8) is 0 Å². The molecule has 2 nitrogen and oxygen atoms in total. The van der Waals surface area contributed by atoms with Crippen LogP contribution in [-0.4, -0.2) is 6.61 Å². The molecule has 0 radical (unpaired) electrons. The summed E-state index contributed by atoms with van der Waals surface area (Å²) in [4.78, 5) is 0. The fraction of sp³-hybridized carbons (Fsp3) is 0.294. The van der Waals surface area contributed by atoms with Gasteiger partial charge >= 0.3 is 0 Å². The molecule has 0 aliphatic carbocycles. The first-order chi connectivity index (χ1) is 10.2. The lowest BCUT2D eigenvalue weighted by molar-refractivity contribution is 0.0826. The molecule has 2 aliphatic heterocycles. The Bertz CT molecular complexity index is 673. The molecule has 1 saturated heterocycles. The van der Waals surface area contributed by atoms with E-state index in [0.717, 1.165) is 28.8 Å². The van der Waals surface area contributed by atoms with Gasteiger partial charge in [0.2, 0.25) is 0 Å². The molecule has 0 saturated carbocycles. The average Bonchev–Trinajstić information content (AvgIpc) is 2.97. The Morgan fingerprint density at radius 1 is 1.14 bits per heavy atom. The molecule has 0 bridgehead atoms. The van der Waals surface area contributed by atoms with Gasteiger partial charge in [-0.3, -0.25) is 0 Å². The molecule has 0 spiro atoms. The van der Waals surface area contributed by atoms with Crippen LogP contribution in [0.4, 0.5) is 10.1 Å². The van der Waals surface area contributed by atoms with Gasteiger partial charge in [0.1, 0.15) is 5.82 Å². The van der Waals surface area contributed by atoms with Crippen LogP contribution in [0.2, 0.25) is 0 Å². The van der Waals surface area contributed by atoms with Gasteiger partial charge in [-0.05, 0) is 42.3 Å². The molecule has 0 aromatic heterocycles. The molecule has 1 N–H and O–H groups in total. The molecule has 2 heterocycles. The van der Waals surface area contributed by atoms with Gasteiger partial charge in [-0.1, -0.05) is 28.1 Å². The topological polar surface area (TPSA) is 21.3 Å². The van der Waals surface area contributed by atoms with E-state index in [9.17, 15) is 4.39 Å². The lowest BCUT2D eigenvalue weighted by atomic mass is 9.81. The van der Waals surface area contributed by atoms with Crippen molar-refractivity contribution in [1.82, 2.24) is 0 Å². The van der Waals surface area contributed by atoms with Crippen molar-refractivity contribution >= 4 is 21.6 Å². The number of ether oxygens (including phenoxy) is 1. The van der Waals surface area contributed by atoms with Gasteiger partial charge in [-0.2, -0.15) is 0 Å². The molecule has 4 heteroatoms. The summed E-state index contributed by atoms with van der Waals surface area (Å²) in [6.45, 7) is 0.736. The molecular formula is C17H15BrFNO. The maximum absolute atomic E-state index is 13.5. The first kappa shape index (κ1) is 13.3. The minimum atomic E-state index is -0.202. The molecule has 21 heavy (non-hydrogen) atoms. The second-order valence-electron chi connectivity index (χ2n) is 5.65. The molecular weight excluding hydrogens is 333 g/mol. The van der Waals surface area contributed by atoms with Crippen molar-refractivity contribution in [2.75, 3.05) is 11.9 Å². The Kier molecular flexibility index (Phi) is 3.23. The molecule has 3 atom stereocenters. The number of halogens is 2. The Labute approximate surface area is 131 Å². The van der Waals surface area contributed by atoms with Crippen LogP contribution in [-0.2, 0) is 4.74 Å². The van der Waals surface area contributed by atoms with Gasteiger partial charge in [-0.15, -0.1) is 0 Å². The normalized spacial score (nSPS) is 26.9. The third-order valence-electron chi connectivity index (χ3n) is 4.43. The number of hydrogen-bond donors (Lipinski definition) is 1. The summed E-state index contributed by atoms with van der Waals surface area (Å²) in [6, 6.07) is 13.5. The van der Waals surface area contributed by atoms with E-state index >= 15 is 0 Å². The third-order valence-corrected chi connectivity index (χ3v) is 4.95. The van der Waals surface area contributed by atoms with Crippen molar-refractivity contribution in [3.05, 3.63) is 63.9 Å². The standard InChI is InChI=1S/C17H15BrFNO/c18-11-3-1-10(2-4-11)16-13-7-8-21-17(13)14-9-12(19)5-6-15(14)20-16/h1-6,9,13,16-17,20H,7-8H2/t13-,16+,17-/m1/s1. The number of benzene rings is 2. The molecule has 2 aliphatic rings. The number of rotatable bonds is 1. The Hall–Kier alpha value is -1.39. The van der Waals surface area contributed by atoms with Crippen LogP contribution in [0.25, 0.3) is 0 Å². The number of nitrogens with one attached hydrogen (secondary N) is 1. The van der Waals surface area contributed by atoms with Crippen LogP contribution in [0.15, 0.2) is 46.9 Å².